The van der Waals surface area contributed by atoms with Crippen LogP contribution < -0.4 is 4.74 Å². The number of para-hydroxylation sites is 1. The lowest BCUT2D eigenvalue weighted by Crippen LogP contribution is -2.00. The van der Waals surface area contributed by atoms with Crippen molar-refractivity contribution in [3.63, 3.8) is 0 Å². The van der Waals surface area contributed by atoms with Gasteiger partial charge in [-0.2, -0.15) is 0 Å². The van der Waals surface area contributed by atoms with Gasteiger partial charge in [0.25, 0.3) is 5.69 Å². The van der Waals surface area contributed by atoms with Gasteiger partial charge < -0.3 is 4.74 Å². The van der Waals surface area contributed by atoms with Crippen LogP contribution in [0.25, 0.3) is 0 Å². The Morgan fingerprint density at radius 1 is 1.26 bits per heavy atom. The summed E-state index contributed by atoms with van der Waals surface area (Å²) in [5.74, 6) is 0.886. The van der Waals surface area contributed by atoms with E-state index in [-0.39, 0.29) is 12.3 Å². The van der Waals surface area contributed by atoms with Gasteiger partial charge in [0.1, 0.15) is 12.4 Å². The summed E-state index contributed by atoms with van der Waals surface area (Å²) >= 11 is 5.63. The molecule has 6 heteroatoms. The zero-order valence-corrected chi connectivity index (χ0v) is 10.7. The molecule has 0 bridgehead atoms. The monoisotopic (exact) mass is 278 g/mol. The summed E-state index contributed by atoms with van der Waals surface area (Å²) in [6, 6.07) is 9.96. The normalized spacial score (nSPS) is 10.2. The van der Waals surface area contributed by atoms with Crippen LogP contribution in [0.2, 0.25) is 0 Å². The van der Waals surface area contributed by atoms with Crippen molar-refractivity contribution in [3.05, 3.63) is 64.0 Å². The van der Waals surface area contributed by atoms with Crippen molar-refractivity contribution in [2.45, 2.75) is 12.5 Å². The molecule has 0 saturated carbocycles. The van der Waals surface area contributed by atoms with Crippen LogP contribution in [0.5, 0.6) is 5.75 Å². The lowest BCUT2D eigenvalue weighted by molar-refractivity contribution is -0.385. The van der Waals surface area contributed by atoms with Gasteiger partial charge in [-0.3, -0.25) is 15.1 Å². The first kappa shape index (κ1) is 13.3. The topological polar surface area (TPSA) is 65.3 Å². The van der Waals surface area contributed by atoms with Gasteiger partial charge in [-0.15, -0.1) is 11.6 Å². The van der Waals surface area contributed by atoms with E-state index in [2.05, 4.69) is 4.98 Å². The lowest BCUT2D eigenvalue weighted by Gasteiger charge is -2.06. The fourth-order valence-electron chi connectivity index (χ4n) is 1.55. The first-order valence-corrected chi connectivity index (χ1v) is 6.10. The number of pyridine rings is 1. The smallest absolute Gasteiger partial charge is 0.276 e. The third-order valence-electron chi connectivity index (χ3n) is 2.52. The highest BCUT2D eigenvalue weighted by atomic mass is 35.5. The molecule has 0 atom stereocenters. The average Bonchev–Trinajstić information content (AvgIpc) is 2.46. The highest BCUT2D eigenvalue weighted by Gasteiger charge is 2.12. The number of benzene rings is 1. The average molecular weight is 279 g/mol. The lowest BCUT2D eigenvalue weighted by atomic mass is 10.2. The van der Waals surface area contributed by atoms with E-state index in [9.17, 15) is 10.1 Å². The summed E-state index contributed by atoms with van der Waals surface area (Å²) in [7, 11) is 0. The number of nitro benzene ring substituents is 1. The summed E-state index contributed by atoms with van der Waals surface area (Å²) in [6.45, 7) is 0.124. The minimum atomic E-state index is -0.423. The van der Waals surface area contributed by atoms with E-state index in [1.54, 1.807) is 36.5 Å². The van der Waals surface area contributed by atoms with E-state index >= 15 is 0 Å². The van der Waals surface area contributed by atoms with Crippen LogP contribution in [-0.2, 0) is 12.5 Å². The molecule has 1 heterocycles. The first-order valence-electron chi connectivity index (χ1n) is 5.56. The van der Waals surface area contributed by atoms with Gasteiger partial charge in [-0.25, -0.2) is 0 Å². The molecule has 2 rings (SSSR count). The summed E-state index contributed by atoms with van der Waals surface area (Å²) in [6.07, 6.45) is 1.55. The van der Waals surface area contributed by atoms with E-state index in [1.165, 1.54) is 6.07 Å². The standard InChI is InChI=1S/C13H11ClN2O3/c14-7-11-5-6-12(8-15-11)19-9-10-3-1-2-4-13(10)16(17)18/h1-6,8H,7,9H2. The molecule has 1 aromatic heterocycles. The zero-order chi connectivity index (χ0) is 13.7. The number of nitrogens with zero attached hydrogens (tertiary/aromatic N) is 2. The van der Waals surface area contributed by atoms with Gasteiger partial charge in [-0.1, -0.05) is 12.1 Å². The molecule has 5 nitrogen and oxygen atoms in total. The van der Waals surface area contributed by atoms with E-state index in [0.29, 0.717) is 17.2 Å². The van der Waals surface area contributed by atoms with Gasteiger partial charge in [-0.05, 0) is 18.2 Å². The molecule has 0 spiro atoms. The maximum atomic E-state index is 10.8. The summed E-state index contributed by atoms with van der Waals surface area (Å²) in [5.41, 5.74) is 1.32. The Bertz CT molecular complexity index is 572. The number of hydrogen-bond donors (Lipinski definition) is 0. The Hall–Kier alpha value is -2.14. The molecule has 98 valence electrons. The van der Waals surface area contributed by atoms with Gasteiger partial charge in [0.2, 0.25) is 0 Å². The Kier molecular flexibility index (Phi) is 4.30. The van der Waals surface area contributed by atoms with E-state index in [4.69, 9.17) is 16.3 Å². The predicted octanol–water partition coefficient (Wildman–Crippen LogP) is 3.31. The Balaban J connectivity index is 2.07. The van der Waals surface area contributed by atoms with Crippen LogP contribution in [0.1, 0.15) is 11.3 Å². The zero-order valence-electron chi connectivity index (χ0n) is 9.95. The second kappa shape index (κ2) is 6.15. The number of alkyl halides is 1. The number of halogens is 1. The first-order chi connectivity index (χ1) is 9.20. The fourth-order valence-corrected chi connectivity index (χ4v) is 1.71. The van der Waals surface area contributed by atoms with Crippen molar-refractivity contribution in [3.8, 4) is 5.75 Å². The Morgan fingerprint density at radius 2 is 2.05 bits per heavy atom. The second-order valence-corrected chi connectivity index (χ2v) is 4.06. The molecule has 0 amide bonds. The van der Waals surface area contributed by atoms with Crippen molar-refractivity contribution in [2.24, 2.45) is 0 Å². The largest absolute Gasteiger partial charge is 0.487 e. The summed E-state index contributed by atoms with van der Waals surface area (Å²) in [5, 5.41) is 10.8. The van der Waals surface area contributed by atoms with E-state index in [0.717, 1.165) is 5.69 Å². The van der Waals surface area contributed by atoms with Crippen molar-refractivity contribution >= 4 is 17.3 Å². The summed E-state index contributed by atoms with van der Waals surface area (Å²) in [4.78, 5) is 14.5. The molecule has 0 aliphatic rings. The molecule has 19 heavy (non-hydrogen) atoms. The Labute approximate surface area is 115 Å². The minimum Gasteiger partial charge on any atom is -0.487 e. The molecule has 0 unspecified atom stereocenters. The highest BCUT2D eigenvalue weighted by molar-refractivity contribution is 6.16. The van der Waals surface area contributed by atoms with Gasteiger partial charge in [0.05, 0.1) is 28.3 Å². The predicted molar refractivity (Wildman–Crippen MR) is 71.2 cm³/mol. The summed E-state index contributed by atoms with van der Waals surface area (Å²) < 4.78 is 5.47. The number of hydrogen-bond acceptors (Lipinski definition) is 4. The van der Waals surface area contributed by atoms with Crippen LogP contribution in [0.15, 0.2) is 42.6 Å². The van der Waals surface area contributed by atoms with Crippen LogP contribution in [-0.4, -0.2) is 9.91 Å². The van der Waals surface area contributed by atoms with Crippen LogP contribution in [0.4, 0.5) is 5.69 Å². The maximum Gasteiger partial charge on any atom is 0.276 e. The SMILES string of the molecule is O=[N+]([O-])c1ccccc1COc1ccc(CCl)nc1. The third kappa shape index (κ3) is 3.42. The van der Waals surface area contributed by atoms with E-state index < -0.39 is 4.92 Å². The van der Waals surface area contributed by atoms with Crippen molar-refractivity contribution < 1.29 is 9.66 Å². The second-order valence-electron chi connectivity index (χ2n) is 3.79. The van der Waals surface area contributed by atoms with E-state index in [1.807, 2.05) is 0 Å². The maximum absolute atomic E-state index is 10.8. The minimum absolute atomic E-state index is 0.0489. The van der Waals surface area contributed by atoms with Crippen LogP contribution in [0, 0.1) is 10.1 Å². The molecule has 2 aromatic rings. The molecular weight excluding hydrogens is 268 g/mol. The van der Waals surface area contributed by atoms with Gasteiger partial charge >= 0.3 is 0 Å². The third-order valence-corrected chi connectivity index (χ3v) is 2.79. The molecule has 0 fully saturated rings. The molecular formula is C13H11ClN2O3. The molecule has 0 aliphatic heterocycles. The number of ether oxygens (including phenoxy) is 1. The van der Waals surface area contributed by atoms with Crippen LogP contribution >= 0.6 is 11.6 Å². The van der Waals surface area contributed by atoms with Gasteiger partial charge in [0.15, 0.2) is 0 Å². The Morgan fingerprint density at radius 3 is 2.68 bits per heavy atom. The van der Waals surface area contributed by atoms with Crippen LogP contribution in [0.3, 0.4) is 0 Å². The van der Waals surface area contributed by atoms with Crippen molar-refractivity contribution in [1.82, 2.24) is 4.98 Å². The number of nitro groups is 1. The number of rotatable bonds is 5. The number of aromatic nitrogens is 1. The van der Waals surface area contributed by atoms with Crippen molar-refractivity contribution in [2.75, 3.05) is 0 Å². The highest BCUT2D eigenvalue weighted by Crippen LogP contribution is 2.20. The molecule has 0 saturated heterocycles. The van der Waals surface area contributed by atoms with Gasteiger partial charge in [0, 0.05) is 6.07 Å². The molecule has 0 radical (unpaired) electrons. The quantitative estimate of drug-likeness (QED) is 0.478. The molecule has 0 N–H and O–H groups in total. The molecule has 0 aliphatic carbocycles. The molecule has 1 aromatic carbocycles. The fraction of sp³-hybridized carbons (Fsp3) is 0.154. The van der Waals surface area contributed by atoms with Crippen molar-refractivity contribution in [1.29, 1.82) is 0 Å².